The second-order valence-electron chi connectivity index (χ2n) is 4.72. The van der Waals surface area contributed by atoms with Gasteiger partial charge in [-0.3, -0.25) is 9.82 Å². The van der Waals surface area contributed by atoms with Gasteiger partial charge < -0.3 is 10.1 Å². The number of rotatable bonds is 7. The predicted octanol–water partition coefficient (Wildman–Crippen LogP) is 1.28. The van der Waals surface area contributed by atoms with Gasteiger partial charge in [0.05, 0.1) is 29.9 Å². The molecule has 0 aromatic carbocycles. The smallest absolute Gasteiger partial charge is 0.265 e. The number of nitrogens with one attached hydrogen (secondary N) is 3. The topological polar surface area (TPSA) is 109 Å². The van der Waals surface area contributed by atoms with Gasteiger partial charge in [0, 0.05) is 13.7 Å². The Hall–Kier alpha value is -2.13. The molecule has 0 spiro atoms. The van der Waals surface area contributed by atoms with E-state index in [1.165, 1.54) is 6.20 Å². The zero-order chi connectivity index (χ0) is 16.2. The van der Waals surface area contributed by atoms with Crippen LogP contribution in [0.1, 0.15) is 11.4 Å². The number of H-pyrrole nitrogens is 1. The number of aromatic nitrogens is 3. The number of anilines is 2. The van der Waals surface area contributed by atoms with E-state index < -0.39 is 10.0 Å². The van der Waals surface area contributed by atoms with Crippen LogP contribution >= 0.6 is 0 Å². The first kappa shape index (κ1) is 16.2. The molecule has 0 atom stereocenters. The van der Waals surface area contributed by atoms with E-state index in [1.54, 1.807) is 33.1 Å². The van der Waals surface area contributed by atoms with Crippen LogP contribution in [0.25, 0.3) is 0 Å². The molecule has 2 aromatic heterocycles. The van der Waals surface area contributed by atoms with Crippen LogP contribution in [-0.4, -0.2) is 43.9 Å². The van der Waals surface area contributed by atoms with Gasteiger partial charge in [0.2, 0.25) is 0 Å². The Bertz CT molecular complexity index is 705. The van der Waals surface area contributed by atoms with E-state index in [1.807, 2.05) is 0 Å². The van der Waals surface area contributed by atoms with Gasteiger partial charge >= 0.3 is 0 Å². The third-order valence-electron chi connectivity index (χ3n) is 2.96. The van der Waals surface area contributed by atoms with Crippen molar-refractivity contribution in [3.8, 4) is 0 Å². The fourth-order valence-corrected chi connectivity index (χ4v) is 3.40. The number of aromatic amines is 1. The third-order valence-corrected chi connectivity index (χ3v) is 4.60. The maximum atomic E-state index is 12.4. The average Bonchev–Trinajstić information content (AvgIpc) is 2.81. The van der Waals surface area contributed by atoms with Gasteiger partial charge in [-0.1, -0.05) is 0 Å². The second-order valence-corrected chi connectivity index (χ2v) is 6.34. The fourth-order valence-electron chi connectivity index (χ4n) is 1.98. The summed E-state index contributed by atoms with van der Waals surface area (Å²) in [6, 6.07) is 3.34. The Morgan fingerprint density at radius 2 is 2.09 bits per heavy atom. The molecule has 2 heterocycles. The number of sulfonamides is 1. The van der Waals surface area contributed by atoms with E-state index in [2.05, 4.69) is 25.2 Å². The van der Waals surface area contributed by atoms with Crippen molar-refractivity contribution in [1.82, 2.24) is 15.2 Å². The van der Waals surface area contributed by atoms with Crippen LogP contribution < -0.4 is 10.0 Å². The summed E-state index contributed by atoms with van der Waals surface area (Å²) in [5.74, 6) is 0.649. The quantitative estimate of drug-likeness (QED) is 0.662. The summed E-state index contributed by atoms with van der Waals surface area (Å²) in [5.41, 5.74) is 1.31. The van der Waals surface area contributed by atoms with Crippen LogP contribution in [0.3, 0.4) is 0 Å². The standard InChI is InChI=1S/C13H19N5O3S/c1-9-13(10(2)17-16-9)22(19,20)18-11-4-5-12(15-8-11)14-6-7-21-3/h4-5,8,18H,6-7H2,1-3H3,(H,14,15)(H,16,17). The van der Waals surface area contributed by atoms with Gasteiger partial charge in [-0.05, 0) is 26.0 Å². The normalized spacial score (nSPS) is 11.4. The number of hydrogen-bond donors (Lipinski definition) is 3. The maximum absolute atomic E-state index is 12.4. The Morgan fingerprint density at radius 3 is 2.64 bits per heavy atom. The summed E-state index contributed by atoms with van der Waals surface area (Å²) in [7, 11) is -2.07. The molecule has 0 saturated heterocycles. The average molecular weight is 325 g/mol. The monoisotopic (exact) mass is 325 g/mol. The number of pyridine rings is 1. The minimum absolute atomic E-state index is 0.162. The molecule has 0 aliphatic rings. The van der Waals surface area contributed by atoms with E-state index in [0.717, 1.165) is 0 Å². The number of ether oxygens (including phenoxy) is 1. The highest BCUT2D eigenvalue weighted by atomic mass is 32.2. The summed E-state index contributed by atoms with van der Waals surface area (Å²) in [5, 5.41) is 9.61. The van der Waals surface area contributed by atoms with E-state index in [-0.39, 0.29) is 4.90 Å². The van der Waals surface area contributed by atoms with Crippen molar-refractivity contribution in [2.75, 3.05) is 30.3 Å². The number of hydrogen-bond acceptors (Lipinski definition) is 6. The van der Waals surface area contributed by atoms with Gasteiger partial charge in [-0.15, -0.1) is 0 Å². The van der Waals surface area contributed by atoms with Crippen LogP contribution in [0, 0.1) is 13.8 Å². The number of nitrogens with zero attached hydrogens (tertiary/aromatic N) is 2. The lowest BCUT2D eigenvalue weighted by Gasteiger charge is -2.09. The second kappa shape index (κ2) is 6.75. The lowest BCUT2D eigenvalue weighted by molar-refractivity contribution is 0.210. The SMILES string of the molecule is COCCNc1ccc(NS(=O)(=O)c2c(C)n[nH]c2C)cn1. The maximum Gasteiger partial charge on any atom is 0.265 e. The van der Waals surface area contributed by atoms with Crippen molar-refractivity contribution >= 4 is 21.5 Å². The zero-order valence-electron chi connectivity index (χ0n) is 12.7. The molecule has 0 radical (unpaired) electrons. The molecule has 0 saturated carbocycles. The van der Waals surface area contributed by atoms with Crippen LogP contribution in [0.2, 0.25) is 0 Å². The fraction of sp³-hybridized carbons (Fsp3) is 0.385. The van der Waals surface area contributed by atoms with Crippen molar-refractivity contribution in [1.29, 1.82) is 0 Å². The molecule has 0 unspecified atom stereocenters. The number of aryl methyl sites for hydroxylation is 2. The van der Waals surface area contributed by atoms with E-state index in [4.69, 9.17) is 4.74 Å². The van der Waals surface area contributed by atoms with Gasteiger partial charge in [0.15, 0.2) is 0 Å². The van der Waals surface area contributed by atoms with Crippen molar-refractivity contribution in [3.05, 3.63) is 29.7 Å². The van der Waals surface area contributed by atoms with Crippen LogP contribution in [0.15, 0.2) is 23.2 Å². The molecule has 120 valence electrons. The minimum atomic E-state index is -3.69. The van der Waals surface area contributed by atoms with E-state index in [9.17, 15) is 8.42 Å². The highest BCUT2D eigenvalue weighted by molar-refractivity contribution is 7.92. The number of methoxy groups -OCH3 is 1. The van der Waals surface area contributed by atoms with Crippen LogP contribution in [-0.2, 0) is 14.8 Å². The van der Waals surface area contributed by atoms with Gasteiger partial charge in [-0.2, -0.15) is 5.10 Å². The molecular formula is C13H19N5O3S. The largest absolute Gasteiger partial charge is 0.383 e. The molecule has 22 heavy (non-hydrogen) atoms. The minimum Gasteiger partial charge on any atom is -0.383 e. The van der Waals surface area contributed by atoms with Crippen molar-refractivity contribution in [2.45, 2.75) is 18.7 Å². The molecule has 0 aliphatic carbocycles. The summed E-state index contributed by atoms with van der Waals surface area (Å²) >= 11 is 0. The zero-order valence-corrected chi connectivity index (χ0v) is 13.5. The molecule has 0 amide bonds. The third kappa shape index (κ3) is 3.74. The predicted molar refractivity (Wildman–Crippen MR) is 83.5 cm³/mol. The summed E-state index contributed by atoms with van der Waals surface area (Å²) < 4.78 is 32.2. The first-order valence-electron chi connectivity index (χ1n) is 6.67. The van der Waals surface area contributed by atoms with Gasteiger partial charge in [0.1, 0.15) is 10.7 Å². The first-order valence-corrected chi connectivity index (χ1v) is 8.15. The Morgan fingerprint density at radius 1 is 1.32 bits per heavy atom. The summed E-state index contributed by atoms with van der Waals surface area (Å²) in [4.78, 5) is 4.31. The molecule has 0 aliphatic heterocycles. The molecule has 3 N–H and O–H groups in total. The van der Waals surface area contributed by atoms with E-state index >= 15 is 0 Å². The molecule has 2 rings (SSSR count). The van der Waals surface area contributed by atoms with Crippen molar-refractivity contribution in [2.24, 2.45) is 0 Å². The summed E-state index contributed by atoms with van der Waals surface area (Å²) in [6.07, 6.45) is 1.46. The lowest BCUT2D eigenvalue weighted by atomic mass is 10.4. The van der Waals surface area contributed by atoms with Crippen LogP contribution in [0.5, 0.6) is 0 Å². The van der Waals surface area contributed by atoms with Crippen molar-refractivity contribution in [3.63, 3.8) is 0 Å². The van der Waals surface area contributed by atoms with Crippen molar-refractivity contribution < 1.29 is 13.2 Å². The highest BCUT2D eigenvalue weighted by Gasteiger charge is 2.22. The lowest BCUT2D eigenvalue weighted by Crippen LogP contribution is -2.15. The molecule has 2 aromatic rings. The molecule has 9 heteroatoms. The molecular weight excluding hydrogens is 306 g/mol. The Balaban J connectivity index is 2.10. The first-order chi connectivity index (χ1) is 10.4. The van der Waals surface area contributed by atoms with Gasteiger partial charge in [0.25, 0.3) is 10.0 Å². The summed E-state index contributed by atoms with van der Waals surface area (Å²) in [6.45, 7) is 4.49. The Labute approximate surface area is 129 Å². The highest BCUT2D eigenvalue weighted by Crippen LogP contribution is 2.20. The molecule has 0 bridgehead atoms. The van der Waals surface area contributed by atoms with Crippen LogP contribution in [0.4, 0.5) is 11.5 Å². The van der Waals surface area contributed by atoms with Gasteiger partial charge in [-0.25, -0.2) is 13.4 Å². The molecule has 0 fully saturated rings. The van der Waals surface area contributed by atoms with E-state index in [0.29, 0.717) is 36.0 Å². The molecule has 8 nitrogen and oxygen atoms in total. The Kier molecular flexibility index (Phi) is 4.99.